The van der Waals surface area contributed by atoms with E-state index >= 15 is 0 Å². The predicted octanol–water partition coefficient (Wildman–Crippen LogP) is 3.94. The molecule has 178 valence electrons. The maximum atomic E-state index is 13.7. The van der Waals surface area contributed by atoms with Gasteiger partial charge >= 0.3 is 0 Å². The zero-order valence-electron chi connectivity index (χ0n) is 19.4. The zero-order chi connectivity index (χ0) is 23.5. The van der Waals surface area contributed by atoms with Crippen molar-refractivity contribution in [2.45, 2.75) is 37.8 Å². The number of carbonyl (C=O) groups is 1. The first-order chi connectivity index (χ1) is 16.6. The minimum absolute atomic E-state index is 0.0339. The third-order valence-corrected chi connectivity index (χ3v) is 8.35. The van der Waals surface area contributed by atoms with Gasteiger partial charge in [-0.15, -0.1) is 11.3 Å². The number of nitrogens with zero attached hydrogens (tertiary/aromatic N) is 3. The number of aliphatic imine (C=N–C) groups is 1. The Morgan fingerprint density at radius 3 is 2.35 bits per heavy atom. The average molecular weight is 477 g/mol. The van der Waals surface area contributed by atoms with Crippen LogP contribution >= 0.6 is 11.3 Å². The minimum Gasteiger partial charge on any atom is -0.375 e. The molecule has 7 heteroatoms. The van der Waals surface area contributed by atoms with E-state index < -0.39 is 5.60 Å². The third kappa shape index (κ3) is 4.42. The summed E-state index contributed by atoms with van der Waals surface area (Å²) in [7, 11) is 0. The van der Waals surface area contributed by atoms with Gasteiger partial charge < -0.3 is 20.6 Å². The van der Waals surface area contributed by atoms with Gasteiger partial charge in [0.25, 0.3) is 5.91 Å². The molecule has 6 nitrogen and oxygen atoms in total. The molecule has 1 amide bonds. The quantitative estimate of drug-likeness (QED) is 0.432. The van der Waals surface area contributed by atoms with Crippen molar-refractivity contribution in [3.63, 3.8) is 0 Å². The SMILES string of the molecule is NC(=NCc1cc2ccccc2s1)N1CCN(C(=O)[C@](O)(c2ccccc2)C2CCCC2)CC1. The normalized spacial score (nSPS) is 19.5. The number of hydrogen-bond donors (Lipinski definition) is 2. The van der Waals surface area contributed by atoms with Gasteiger partial charge in [-0.25, -0.2) is 4.99 Å². The van der Waals surface area contributed by atoms with Gasteiger partial charge in [-0.1, -0.05) is 61.4 Å². The Hall–Kier alpha value is -2.90. The summed E-state index contributed by atoms with van der Waals surface area (Å²) >= 11 is 1.74. The fraction of sp³-hybridized carbons (Fsp3) is 0.407. The highest BCUT2D eigenvalue weighted by Gasteiger charge is 2.48. The lowest BCUT2D eigenvalue weighted by Crippen LogP contribution is -2.58. The van der Waals surface area contributed by atoms with Gasteiger partial charge in [0.2, 0.25) is 0 Å². The number of hydrogen-bond acceptors (Lipinski definition) is 4. The van der Waals surface area contributed by atoms with Gasteiger partial charge in [0.1, 0.15) is 0 Å². The lowest BCUT2D eigenvalue weighted by atomic mass is 9.79. The number of aliphatic hydroxyl groups is 1. The van der Waals surface area contributed by atoms with E-state index in [2.05, 4.69) is 23.2 Å². The molecule has 2 aromatic carbocycles. The lowest BCUT2D eigenvalue weighted by molar-refractivity contribution is -0.160. The molecule has 2 heterocycles. The summed E-state index contributed by atoms with van der Waals surface area (Å²) in [5, 5.41) is 13.0. The fourth-order valence-electron chi connectivity index (χ4n) is 5.32. The molecular weight excluding hydrogens is 444 g/mol. The Morgan fingerprint density at radius 2 is 1.65 bits per heavy atom. The number of nitrogens with two attached hydrogens (primary N) is 1. The van der Waals surface area contributed by atoms with Crippen molar-refractivity contribution >= 4 is 33.3 Å². The van der Waals surface area contributed by atoms with Gasteiger partial charge in [-0.3, -0.25) is 4.79 Å². The molecule has 1 aliphatic carbocycles. The molecule has 0 bridgehead atoms. The molecule has 1 aromatic heterocycles. The Balaban J connectivity index is 1.24. The molecule has 2 aliphatic rings. The van der Waals surface area contributed by atoms with Crippen LogP contribution in [0.2, 0.25) is 0 Å². The average Bonchev–Trinajstić information content (AvgIpc) is 3.57. The monoisotopic (exact) mass is 476 g/mol. The summed E-state index contributed by atoms with van der Waals surface area (Å²) in [6, 6.07) is 20.0. The summed E-state index contributed by atoms with van der Waals surface area (Å²) in [5.41, 5.74) is 5.57. The van der Waals surface area contributed by atoms with Crippen LogP contribution in [0.15, 0.2) is 65.7 Å². The van der Waals surface area contributed by atoms with Gasteiger partial charge in [-0.05, 0) is 35.9 Å². The Morgan fingerprint density at radius 1 is 1.00 bits per heavy atom. The standard InChI is InChI=1S/C27H32N4O2S/c28-26(29-19-23-18-20-8-4-7-13-24(20)34-23)31-16-14-30(15-17-31)25(32)27(33,22-11-5-6-12-22)21-9-2-1-3-10-21/h1-4,7-10,13,18,22,33H,5-6,11-12,14-17,19H2,(H2,28,29)/t27-/m0/s1. The lowest BCUT2D eigenvalue weighted by Gasteiger charge is -2.41. The van der Waals surface area contributed by atoms with Crippen molar-refractivity contribution in [3.8, 4) is 0 Å². The van der Waals surface area contributed by atoms with E-state index in [9.17, 15) is 9.90 Å². The molecule has 3 aromatic rings. The third-order valence-electron chi connectivity index (χ3n) is 7.25. The second-order valence-electron chi connectivity index (χ2n) is 9.32. The van der Waals surface area contributed by atoms with Crippen molar-refractivity contribution in [1.29, 1.82) is 0 Å². The number of carbonyl (C=O) groups excluding carboxylic acids is 1. The first-order valence-corrected chi connectivity index (χ1v) is 13.0. The number of piperazine rings is 1. The van der Waals surface area contributed by atoms with Crippen LogP contribution in [0.4, 0.5) is 0 Å². The van der Waals surface area contributed by atoms with Gasteiger partial charge in [0, 0.05) is 41.7 Å². The van der Waals surface area contributed by atoms with Gasteiger partial charge in [0.05, 0.1) is 6.54 Å². The smallest absolute Gasteiger partial charge is 0.259 e. The molecule has 0 radical (unpaired) electrons. The Bertz CT molecular complexity index is 1130. The second-order valence-corrected chi connectivity index (χ2v) is 10.5. The highest BCUT2D eigenvalue weighted by molar-refractivity contribution is 7.19. The summed E-state index contributed by atoms with van der Waals surface area (Å²) in [4.78, 5) is 23.3. The van der Waals surface area contributed by atoms with E-state index in [1.807, 2.05) is 47.4 Å². The number of thiophene rings is 1. The van der Waals surface area contributed by atoms with Crippen molar-refractivity contribution < 1.29 is 9.90 Å². The molecule has 0 spiro atoms. The second kappa shape index (κ2) is 9.76. The van der Waals surface area contributed by atoms with Crippen LogP contribution in [0.5, 0.6) is 0 Å². The molecule has 0 unspecified atom stereocenters. The van der Waals surface area contributed by atoms with E-state index in [4.69, 9.17) is 5.73 Å². The maximum Gasteiger partial charge on any atom is 0.259 e. The van der Waals surface area contributed by atoms with Crippen molar-refractivity contribution in [2.24, 2.45) is 16.6 Å². The molecule has 1 saturated carbocycles. The zero-order valence-corrected chi connectivity index (χ0v) is 20.2. The molecule has 1 atom stereocenters. The summed E-state index contributed by atoms with van der Waals surface area (Å²) in [6.45, 7) is 2.84. The van der Waals surface area contributed by atoms with Crippen LogP contribution in [0, 0.1) is 5.92 Å². The van der Waals surface area contributed by atoms with Gasteiger partial charge in [-0.2, -0.15) is 0 Å². The van der Waals surface area contributed by atoms with E-state index in [0.717, 1.165) is 25.7 Å². The summed E-state index contributed by atoms with van der Waals surface area (Å²) in [5.74, 6) is 0.304. The Labute approximate surface area is 204 Å². The highest BCUT2D eigenvalue weighted by atomic mass is 32.1. The number of rotatable bonds is 5. The number of benzene rings is 2. The number of guanidine groups is 1. The molecule has 1 saturated heterocycles. The fourth-order valence-corrected chi connectivity index (χ4v) is 6.31. The van der Waals surface area contributed by atoms with Crippen molar-refractivity contribution in [2.75, 3.05) is 26.2 Å². The molecule has 1 aliphatic heterocycles. The molecule has 3 N–H and O–H groups in total. The van der Waals surface area contributed by atoms with Crippen LogP contribution < -0.4 is 5.73 Å². The van der Waals surface area contributed by atoms with E-state index in [-0.39, 0.29) is 11.8 Å². The van der Waals surface area contributed by atoms with E-state index in [0.29, 0.717) is 44.2 Å². The van der Waals surface area contributed by atoms with Crippen LogP contribution in [-0.4, -0.2) is 53.0 Å². The maximum absolute atomic E-state index is 13.7. The van der Waals surface area contributed by atoms with Crippen LogP contribution in [0.25, 0.3) is 10.1 Å². The molecule has 5 rings (SSSR count). The number of amides is 1. The first kappa shape index (κ1) is 22.9. The summed E-state index contributed by atoms with van der Waals surface area (Å²) < 4.78 is 1.26. The van der Waals surface area contributed by atoms with Crippen LogP contribution in [-0.2, 0) is 16.9 Å². The predicted molar refractivity (Wildman–Crippen MR) is 138 cm³/mol. The molecule has 34 heavy (non-hydrogen) atoms. The van der Waals surface area contributed by atoms with E-state index in [1.165, 1.54) is 15.0 Å². The van der Waals surface area contributed by atoms with Crippen molar-refractivity contribution in [1.82, 2.24) is 9.80 Å². The first-order valence-electron chi connectivity index (χ1n) is 12.2. The molecule has 2 fully saturated rings. The number of fused-ring (bicyclic) bond motifs is 1. The van der Waals surface area contributed by atoms with Crippen molar-refractivity contribution in [3.05, 3.63) is 71.1 Å². The molecular formula is C27H32N4O2S. The van der Waals surface area contributed by atoms with Crippen LogP contribution in [0.3, 0.4) is 0 Å². The summed E-state index contributed by atoms with van der Waals surface area (Å²) in [6.07, 6.45) is 3.89. The van der Waals surface area contributed by atoms with Crippen LogP contribution in [0.1, 0.15) is 36.1 Å². The minimum atomic E-state index is -1.46. The topological polar surface area (TPSA) is 82.2 Å². The van der Waals surface area contributed by atoms with Gasteiger partial charge in [0.15, 0.2) is 11.6 Å². The highest BCUT2D eigenvalue weighted by Crippen LogP contribution is 2.42. The largest absolute Gasteiger partial charge is 0.375 e. The van der Waals surface area contributed by atoms with E-state index in [1.54, 1.807) is 16.2 Å². The Kier molecular flexibility index (Phi) is 6.57.